The summed E-state index contributed by atoms with van der Waals surface area (Å²) in [5.41, 5.74) is 1.23. The minimum Gasteiger partial charge on any atom is -0.316 e. The average Bonchev–Trinajstić information content (AvgIpc) is 2.29. The van der Waals surface area contributed by atoms with Crippen molar-refractivity contribution in [3.8, 4) is 0 Å². The van der Waals surface area contributed by atoms with Crippen molar-refractivity contribution in [2.24, 2.45) is 5.92 Å². The van der Waals surface area contributed by atoms with Crippen LogP contribution in [0, 0.1) is 5.92 Å². The molecule has 1 N–H and O–H groups in total. The van der Waals surface area contributed by atoms with Gasteiger partial charge in [0.05, 0.1) is 10.0 Å². The monoisotopic (exact) mass is 271 g/mol. The van der Waals surface area contributed by atoms with E-state index in [-0.39, 0.29) is 0 Å². The van der Waals surface area contributed by atoms with Crippen LogP contribution >= 0.6 is 23.2 Å². The van der Waals surface area contributed by atoms with Gasteiger partial charge in [-0.15, -0.1) is 0 Å². The quantitative estimate of drug-likeness (QED) is 0.779. The van der Waals surface area contributed by atoms with Gasteiger partial charge in [-0.05, 0) is 55.8 Å². The zero-order valence-corrected chi connectivity index (χ0v) is 11.7. The second-order valence-electron chi connectivity index (χ2n) is 4.79. The van der Waals surface area contributed by atoms with Crippen molar-refractivity contribution in [3.05, 3.63) is 33.8 Å². The van der Waals surface area contributed by atoms with Gasteiger partial charge in [-0.3, -0.25) is 0 Å². The van der Waals surface area contributed by atoms with Crippen molar-refractivity contribution >= 4 is 23.2 Å². The normalized spacial score (nSPS) is 23.5. The Morgan fingerprint density at radius 3 is 2.76 bits per heavy atom. The number of nitrogens with one attached hydrogen (secondary N) is 1. The molecule has 17 heavy (non-hydrogen) atoms. The van der Waals surface area contributed by atoms with Gasteiger partial charge in [0.2, 0.25) is 0 Å². The Morgan fingerprint density at radius 2 is 2.12 bits per heavy atom. The molecule has 0 radical (unpaired) electrons. The predicted octanol–water partition coefficient (Wildman–Crippen LogP) is 4.49. The maximum Gasteiger partial charge on any atom is 0.0627 e. The van der Waals surface area contributed by atoms with E-state index < -0.39 is 0 Å². The fraction of sp³-hybridized carbons (Fsp3) is 0.571. The fourth-order valence-corrected chi connectivity index (χ4v) is 2.94. The highest BCUT2D eigenvalue weighted by atomic mass is 35.5. The maximum atomic E-state index is 6.28. The molecule has 3 heteroatoms. The van der Waals surface area contributed by atoms with Crippen LogP contribution in [-0.4, -0.2) is 13.1 Å². The van der Waals surface area contributed by atoms with Gasteiger partial charge in [0.15, 0.2) is 0 Å². The fourth-order valence-electron chi connectivity index (χ4n) is 2.49. The molecule has 2 atom stereocenters. The number of hydrogen-bond donors (Lipinski definition) is 1. The Labute approximate surface area is 114 Å². The van der Waals surface area contributed by atoms with Crippen LogP contribution in [0.3, 0.4) is 0 Å². The van der Waals surface area contributed by atoms with Gasteiger partial charge in [0.25, 0.3) is 0 Å². The molecule has 94 valence electrons. The number of rotatable bonds is 5. The van der Waals surface area contributed by atoms with E-state index in [2.05, 4.69) is 18.3 Å². The summed E-state index contributed by atoms with van der Waals surface area (Å²) in [5, 5.41) is 4.92. The minimum atomic E-state index is 0.588. The summed E-state index contributed by atoms with van der Waals surface area (Å²) in [5.74, 6) is 1.31. The summed E-state index contributed by atoms with van der Waals surface area (Å²) in [6.07, 6.45) is 3.72. The van der Waals surface area contributed by atoms with E-state index in [1.807, 2.05) is 12.1 Å². The van der Waals surface area contributed by atoms with E-state index in [0.717, 1.165) is 24.0 Å². The summed E-state index contributed by atoms with van der Waals surface area (Å²) in [4.78, 5) is 0. The molecule has 2 rings (SSSR count). The molecule has 1 saturated carbocycles. The highest BCUT2D eigenvalue weighted by molar-refractivity contribution is 6.42. The first-order valence-electron chi connectivity index (χ1n) is 6.38. The second kappa shape index (κ2) is 6.08. The molecule has 0 bridgehead atoms. The van der Waals surface area contributed by atoms with E-state index in [1.165, 1.54) is 24.8 Å². The first-order valence-corrected chi connectivity index (χ1v) is 7.14. The summed E-state index contributed by atoms with van der Waals surface area (Å²) in [6, 6.07) is 5.97. The average molecular weight is 272 g/mol. The van der Waals surface area contributed by atoms with Crippen molar-refractivity contribution in [2.75, 3.05) is 13.1 Å². The van der Waals surface area contributed by atoms with E-state index in [1.54, 1.807) is 0 Å². The molecule has 1 aliphatic carbocycles. The van der Waals surface area contributed by atoms with Gasteiger partial charge in [-0.2, -0.15) is 0 Å². The number of hydrogen-bond acceptors (Lipinski definition) is 1. The highest BCUT2D eigenvalue weighted by Gasteiger charge is 2.33. The number of halogens is 2. The lowest BCUT2D eigenvalue weighted by Gasteiger charge is -2.38. The third-order valence-corrected chi connectivity index (χ3v) is 4.47. The highest BCUT2D eigenvalue weighted by Crippen LogP contribution is 2.45. The zero-order valence-electron chi connectivity index (χ0n) is 10.2. The smallest absolute Gasteiger partial charge is 0.0627 e. The van der Waals surface area contributed by atoms with E-state index in [4.69, 9.17) is 23.2 Å². The molecule has 1 aromatic carbocycles. The SMILES string of the molecule is CCCNCC1CCC1c1cccc(Cl)c1Cl. The lowest BCUT2D eigenvalue weighted by molar-refractivity contribution is 0.246. The summed E-state index contributed by atoms with van der Waals surface area (Å²) in [7, 11) is 0. The van der Waals surface area contributed by atoms with Crippen molar-refractivity contribution in [1.82, 2.24) is 5.32 Å². The van der Waals surface area contributed by atoms with Gasteiger partial charge in [0.1, 0.15) is 0 Å². The van der Waals surface area contributed by atoms with Gasteiger partial charge in [-0.1, -0.05) is 42.3 Å². The van der Waals surface area contributed by atoms with E-state index >= 15 is 0 Å². The summed E-state index contributed by atoms with van der Waals surface area (Å²) >= 11 is 12.3. The molecule has 0 spiro atoms. The molecule has 0 aliphatic heterocycles. The molecular weight excluding hydrogens is 253 g/mol. The van der Waals surface area contributed by atoms with Gasteiger partial charge >= 0.3 is 0 Å². The molecular formula is C14H19Cl2N. The van der Waals surface area contributed by atoms with Crippen LogP contribution in [0.15, 0.2) is 18.2 Å². The van der Waals surface area contributed by atoms with Gasteiger partial charge in [-0.25, -0.2) is 0 Å². The molecule has 2 unspecified atom stereocenters. The van der Waals surface area contributed by atoms with Crippen LogP contribution in [0.2, 0.25) is 10.0 Å². The van der Waals surface area contributed by atoms with Crippen molar-refractivity contribution in [1.29, 1.82) is 0 Å². The van der Waals surface area contributed by atoms with Crippen molar-refractivity contribution in [3.63, 3.8) is 0 Å². The van der Waals surface area contributed by atoms with Crippen LogP contribution in [0.5, 0.6) is 0 Å². The number of benzene rings is 1. The molecule has 1 aliphatic rings. The molecule has 1 fully saturated rings. The Kier molecular flexibility index (Phi) is 4.72. The molecule has 1 nitrogen and oxygen atoms in total. The van der Waals surface area contributed by atoms with E-state index in [0.29, 0.717) is 10.9 Å². The lowest BCUT2D eigenvalue weighted by Crippen LogP contribution is -2.34. The molecule has 0 amide bonds. The Bertz CT molecular complexity index is 378. The third kappa shape index (κ3) is 2.96. The maximum absolute atomic E-state index is 6.28. The third-order valence-electron chi connectivity index (χ3n) is 3.63. The zero-order chi connectivity index (χ0) is 12.3. The van der Waals surface area contributed by atoms with Crippen molar-refractivity contribution < 1.29 is 0 Å². The lowest BCUT2D eigenvalue weighted by atomic mass is 9.70. The van der Waals surface area contributed by atoms with Gasteiger partial charge < -0.3 is 5.32 Å². The predicted molar refractivity (Wildman–Crippen MR) is 75.1 cm³/mol. The first-order chi connectivity index (χ1) is 8.24. The van der Waals surface area contributed by atoms with Crippen molar-refractivity contribution in [2.45, 2.75) is 32.1 Å². The first kappa shape index (κ1) is 13.2. The topological polar surface area (TPSA) is 12.0 Å². The standard InChI is InChI=1S/C14H19Cl2N/c1-2-8-17-9-10-6-7-11(10)12-4-3-5-13(15)14(12)16/h3-5,10-11,17H,2,6-9H2,1H3. The Hall–Kier alpha value is -0.240. The largest absolute Gasteiger partial charge is 0.316 e. The minimum absolute atomic E-state index is 0.588. The Morgan fingerprint density at radius 1 is 1.29 bits per heavy atom. The van der Waals surface area contributed by atoms with Crippen LogP contribution < -0.4 is 5.32 Å². The van der Waals surface area contributed by atoms with Crippen LogP contribution in [0.4, 0.5) is 0 Å². The van der Waals surface area contributed by atoms with Crippen LogP contribution in [-0.2, 0) is 0 Å². The molecule has 0 heterocycles. The molecule has 0 saturated heterocycles. The van der Waals surface area contributed by atoms with Crippen LogP contribution in [0.1, 0.15) is 37.7 Å². The van der Waals surface area contributed by atoms with Crippen LogP contribution in [0.25, 0.3) is 0 Å². The molecule has 0 aromatic heterocycles. The second-order valence-corrected chi connectivity index (χ2v) is 5.58. The Balaban J connectivity index is 2.00. The summed E-state index contributed by atoms with van der Waals surface area (Å²) < 4.78 is 0. The van der Waals surface area contributed by atoms with E-state index in [9.17, 15) is 0 Å². The van der Waals surface area contributed by atoms with Gasteiger partial charge in [0, 0.05) is 0 Å². The molecule has 1 aromatic rings. The summed E-state index contributed by atoms with van der Waals surface area (Å²) in [6.45, 7) is 4.40.